The second kappa shape index (κ2) is 10.7. The molecule has 0 saturated heterocycles. The summed E-state index contributed by atoms with van der Waals surface area (Å²) in [6.07, 6.45) is -5.63. The number of ether oxygens (including phenoxy) is 1. The largest absolute Gasteiger partial charge is 0.480 e. The van der Waals surface area contributed by atoms with Gasteiger partial charge in [0, 0.05) is 28.9 Å². The molecule has 9 heteroatoms. The van der Waals surface area contributed by atoms with Gasteiger partial charge in [-0.2, -0.15) is 13.2 Å². The average Bonchev–Trinajstić information content (AvgIpc) is 3.51. The Kier molecular flexibility index (Phi) is 6.94. The van der Waals surface area contributed by atoms with Crippen LogP contribution in [0.15, 0.2) is 97.1 Å². The molecule has 0 bridgehead atoms. The van der Waals surface area contributed by atoms with Crippen LogP contribution in [0.25, 0.3) is 33.3 Å². The first-order valence-corrected chi connectivity index (χ1v) is 13.3. The molecule has 6 nitrogen and oxygen atoms in total. The Bertz CT molecular complexity index is 1770. The lowest BCUT2D eigenvalue weighted by Gasteiger charge is -2.18. The first-order valence-electron chi connectivity index (χ1n) is 13.3. The number of amides is 1. The van der Waals surface area contributed by atoms with E-state index in [0.29, 0.717) is 22.2 Å². The van der Waals surface area contributed by atoms with E-state index in [-0.39, 0.29) is 24.5 Å². The molecular weight excluding hydrogens is 545 g/mol. The van der Waals surface area contributed by atoms with E-state index in [1.165, 1.54) is 12.1 Å². The molecule has 42 heavy (non-hydrogen) atoms. The summed E-state index contributed by atoms with van der Waals surface area (Å²) in [5.74, 6) is -1.50. The number of carboxylic acids is 1. The highest BCUT2D eigenvalue weighted by atomic mass is 19.4. The summed E-state index contributed by atoms with van der Waals surface area (Å²) in [4.78, 5) is 28.3. The number of H-pyrrole nitrogens is 1. The van der Waals surface area contributed by atoms with E-state index in [1.807, 2.05) is 48.5 Å². The summed E-state index contributed by atoms with van der Waals surface area (Å²) in [7, 11) is 0. The van der Waals surface area contributed by atoms with Crippen LogP contribution in [0.3, 0.4) is 0 Å². The number of hydrogen-bond donors (Lipinski definition) is 3. The lowest BCUT2D eigenvalue weighted by Crippen LogP contribution is -2.43. The first-order chi connectivity index (χ1) is 20.2. The smallest absolute Gasteiger partial charge is 0.416 e. The van der Waals surface area contributed by atoms with Crippen LogP contribution in [-0.4, -0.2) is 34.8 Å². The van der Waals surface area contributed by atoms with Crippen molar-refractivity contribution in [2.24, 2.45) is 0 Å². The van der Waals surface area contributed by atoms with Crippen LogP contribution >= 0.6 is 0 Å². The summed E-state index contributed by atoms with van der Waals surface area (Å²) in [5.41, 5.74) is 5.04. The molecule has 0 unspecified atom stereocenters. The van der Waals surface area contributed by atoms with E-state index in [1.54, 1.807) is 24.3 Å². The number of hydrogen-bond acceptors (Lipinski definition) is 3. The lowest BCUT2D eigenvalue weighted by atomic mass is 9.97. The van der Waals surface area contributed by atoms with Crippen molar-refractivity contribution >= 4 is 23.0 Å². The number of fused-ring (bicyclic) bond motifs is 4. The predicted octanol–water partition coefficient (Wildman–Crippen LogP) is 7.39. The summed E-state index contributed by atoms with van der Waals surface area (Å²) in [5, 5.41) is 13.1. The first kappa shape index (κ1) is 27.1. The Morgan fingerprint density at radius 3 is 2.19 bits per heavy atom. The Hall–Kier alpha value is -5.05. The van der Waals surface area contributed by atoms with Crippen LogP contribution < -0.4 is 5.32 Å². The summed E-state index contributed by atoms with van der Waals surface area (Å²) in [6.45, 7) is 0.00870. The number of benzene rings is 4. The van der Waals surface area contributed by atoms with E-state index in [0.717, 1.165) is 34.4 Å². The number of carbonyl (C=O) groups is 2. The number of aromatic amines is 1. The quantitative estimate of drug-likeness (QED) is 0.190. The second-order valence-electron chi connectivity index (χ2n) is 10.2. The molecule has 1 atom stereocenters. The van der Waals surface area contributed by atoms with Gasteiger partial charge < -0.3 is 20.1 Å². The van der Waals surface area contributed by atoms with Crippen molar-refractivity contribution in [3.8, 4) is 22.4 Å². The van der Waals surface area contributed by atoms with Gasteiger partial charge in [-0.25, -0.2) is 9.59 Å². The molecule has 0 radical (unpaired) electrons. The molecule has 1 aliphatic carbocycles. The van der Waals surface area contributed by atoms with Gasteiger partial charge in [-0.1, -0.05) is 78.9 Å². The van der Waals surface area contributed by atoms with Gasteiger partial charge in [0.15, 0.2) is 0 Å². The maximum absolute atomic E-state index is 13.4. The molecule has 0 fully saturated rings. The van der Waals surface area contributed by atoms with Crippen molar-refractivity contribution in [2.45, 2.75) is 24.6 Å². The number of para-hydroxylation sites is 1. The number of nitrogens with one attached hydrogen (secondary N) is 2. The number of aromatic nitrogens is 1. The number of carbonyl (C=O) groups excluding carboxylic acids is 1. The highest BCUT2D eigenvalue weighted by Gasteiger charge is 2.32. The Labute approximate surface area is 238 Å². The van der Waals surface area contributed by atoms with E-state index < -0.39 is 29.8 Å². The van der Waals surface area contributed by atoms with Crippen molar-refractivity contribution in [2.75, 3.05) is 6.61 Å². The molecule has 1 aromatic heterocycles. The van der Waals surface area contributed by atoms with Gasteiger partial charge in [-0.3, -0.25) is 0 Å². The standard InChI is InChI=1S/C33H25F3N2O4/c34-33(35,36)20-9-7-8-19(16-20)30-26(25-14-5-6-15-28(25)37-30)17-29(31(39)40)38-32(41)42-18-27-23-12-3-1-10-21(23)22-11-2-4-13-24(22)27/h1-16,27,29,37H,17-18H2,(H,38,41)(H,39,40)/t29-/m0/s1. The molecule has 0 saturated carbocycles. The number of carboxylic acid groups (broad SMARTS) is 1. The van der Waals surface area contributed by atoms with Crippen LogP contribution in [0.5, 0.6) is 0 Å². The second-order valence-corrected chi connectivity index (χ2v) is 10.2. The minimum absolute atomic E-state index is 0.00870. The van der Waals surface area contributed by atoms with Gasteiger partial charge in [0.05, 0.1) is 5.56 Å². The van der Waals surface area contributed by atoms with Crippen molar-refractivity contribution in [1.29, 1.82) is 0 Å². The summed E-state index contributed by atoms with van der Waals surface area (Å²) in [6, 6.07) is 26.2. The SMILES string of the molecule is O=C(N[C@@H](Cc1c(-c2cccc(C(F)(F)F)c2)[nH]c2ccccc12)C(=O)O)OCC1c2ccccc2-c2ccccc21. The van der Waals surface area contributed by atoms with Gasteiger partial charge >= 0.3 is 18.2 Å². The minimum Gasteiger partial charge on any atom is -0.480 e. The Morgan fingerprint density at radius 1 is 0.881 bits per heavy atom. The van der Waals surface area contributed by atoms with Gasteiger partial charge in [0.25, 0.3) is 0 Å². The zero-order valence-electron chi connectivity index (χ0n) is 22.1. The number of aliphatic carboxylic acids is 1. The molecule has 0 aliphatic heterocycles. The van der Waals surface area contributed by atoms with Crippen LogP contribution in [0.2, 0.25) is 0 Å². The third kappa shape index (κ3) is 5.09. The number of alkyl halides is 3. The highest BCUT2D eigenvalue weighted by Crippen LogP contribution is 2.44. The van der Waals surface area contributed by atoms with Crippen LogP contribution in [-0.2, 0) is 22.1 Å². The fraction of sp³-hybridized carbons (Fsp3) is 0.152. The third-order valence-electron chi connectivity index (χ3n) is 7.63. The summed E-state index contributed by atoms with van der Waals surface area (Å²) < 4.78 is 45.9. The highest BCUT2D eigenvalue weighted by molar-refractivity contribution is 5.92. The monoisotopic (exact) mass is 570 g/mol. The fourth-order valence-electron chi connectivity index (χ4n) is 5.70. The van der Waals surface area contributed by atoms with Crippen LogP contribution in [0.4, 0.5) is 18.0 Å². The zero-order valence-corrected chi connectivity index (χ0v) is 22.1. The average molecular weight is 571 g/mol. The third-order valence-corrected chi connectivity index (χ3v) is 7.63. The van der Waals surface area contributed by atoms with Crippen molar-refractivity contribution in [1.82, 2.24) is 10.3 Å². The molecule has 1 amide bonds. The topological polar surface area (TPSA) is 91.4 Å². The Morgan fingerprint density at radius 2 is 1.52 bits per heavy atom. The van der Waals surface area contributed by atoms with E-state index in [2.05, 4.69) is 10.3 Å². The van der Waals surface area contributed by atoms with Gasteiger partial charge in [0.2, 0.25) is 0 Å². The fourth-order valence-corrected chi connectivity index (χ4v) is 5.70. The number of alkyl carbamates (subject to hydrolysis) is 1. The van der Waals surface area contributed by atoms with E-state index in [4.69, 9.17) is 4.74 Å². The van der Waals surface area contributed by atoms with Gasteiger partial charge in [-0.05, 0) is 51.6 Å². The normalized spacial score (nSPS) is 13.4. The van der Waals surface area contributed by atoms with E-state index >= 15 is 0 Å². The van der Waals surface area contributed by atoms with Gasteiger partial charge in [-0.15, -0.1) is 0 Å². The number of halogens is 3. The molecule has 1 aliphatic rings. The van der Waals surface area contributed by atoms with Crippen molar-refractivity contribution < 1.29 is 32.6 Å². The van der Waals surface area contributed by atoms with Crippen LogP contribution in [0.1, 0.15) is 28.2 Å². The molecule has 4 aromatic carbocycles. The maximum atomic E-state index is 13.4. The van der Waals surface area contributed by atoms with E-state index in [9.17, 15) is 27.9 Å². The molecule has 3 N–H and O–H groups in total. The summed E-state index contributed by atoms with van der Waals surface area (Å²) >= 11 is 0. The molecular formula is C33H25F3N2O4. The van der Waals surface area contributed by atoms with Gasteiger partial charge in [0.1, 0.15) is 12.6 Å². The minimum atomic E-state index is -4.54. The van der Waals surface area contributed by atoms with Crippen molar-refractivity contribution in [3.63, 3.8) is 0 Å². The molecule has 5 aromatic rings. The Balaban J connectivity index is 1.24. The molecule has 212 valence electrons. The number of rotatable bonds is 7. The van der Waals surface area contributed by atoms with Crippen molar-refractivity contribution in [3.05, 3.63) is 119 Å². The lowest BCUT2D eigenvalue weighted by molar-refractivity contribution is -0.139. The van der Waals surface area contributed by atoms with Crippen LogP contribution in [0, 0.1) is 0 Å². The maximum Gasteiger partial charge on any atom is 0.416 e. The molecule has 0 spiro atoms. The predicted molar refractivity (Wildman–Crippen MR) is 152 cm³/mol. The molecule has 6 rings (SSSR count). The molecule has 1 heterocycles. The zero-order chi connectivity index (χ0) is 29.4.